The summed E-state index contributed by atoms with van der Waals surface area (Å²) in [6.07, 6.45) is -0.159. The number of anilines is 1. The van der Waals surface area contributed by atoms with Gasteiger partial charge in [0.15, 0.2) is 0 Å². The molecule has 1 N–H and O–H groups in total. The van der Waals surface area contributed by atoms with Crippen LogP contribution in [0.15, 0.2) is 42.5 Å². The van der Waals surface area contributed by atoms with Crippen LogP contribution in [0.1, 0.15) is 6.42 Å². The number of benzene rings is 2. The van der Waals surface area contributed by atoms with Crippen molar-refractivity contribution < 1.29 is 14.3 Å². The molecule has 0 saturated carbocycles. The van der Waals surface area contributed by atoms with Crippen LogP contribution in [0.3, 0.4) is 0 Å². The number of ether oxygens (including phenoxy) is 2. The van der Waals surface area contributed by atoms with Gasteiger partial charge in [-0.3, -0.25) is 4.79 Å². The van der Waals surface area contributed by atoms with E-state index in [0.29, 0.717) is 11.4 Å². The Hall–Kier alpha value is -3.00. The Morgan fingerprint density at radius 2 is 1.86 bits per heavy atom. The van der Waals surface area contributed by atoms with E-state index in [1.165, 1.54) is 0 Å². The van der Waals surface area contributed by atoms with Crippen molar-refractivity contribution in [2.45, 2.75) is 6.42 Å². The van der Waals surface area contributed by atoms with Crippen LogP contribution in [0.2, 0.25) is 0 Å². The fourth-order valence-electron chi connectivity index (χ4n) is 2.05. The Balaban J connectivity index is 2.24. The molecule has 5 nitrogen and oxygen atoms in total. The fraction of sp³-hybridized carbons (Fsp3) is 0.176. The zero-order chi connectivity index (χ0) is 15.9. The first-order chi connectivity index (χ1) is 10.7. The number of nitrogens with zero attached hydrogens (tertiary/aromatic N) is 1. The number of nitrogens with one attached hydrogen (secondary N) is 1. The molecule has 0 fully saturated rings. The second-order valence-corrected chi connectivity index (χ2v) is 4.53. The number of hydrogen-bond acceptors (Lipinski definition) is 4. The van der Waals surface area contributed by atoms with Crippen LogP contribution in [-0.2, 0) is 4.79 Å². The topological polar surface area (TPSA) is 71.3 Å². The van der Waals surface area contributed by atoms with Crippen LogP contribution >= 0.6 is 0 Å². The zero-order valence-electron chi connectivity index (χ0n) is 12.4. The summed E-state index contributed by atoms with van der Waals surface area (Å²) in [7, 11) is 3.21. The zero-order valence-corrected chi connectivity index (χ0v) is 12.4. The van der Waals surface area contributed by atoms with E-state index < -0.39 is 0 Å². The van der Waals surface area contributed by atoms with Gasteiger partial charge in [0, 0.05) is 17.3 Å². The highest BCUT2D eigenvalue weighted by Crippen LogP contribution is 2.33. The Morgan fingerprint density at radius 1 is 1.14 bits per heavy atom. The molecule has 5 heteroatoms. The van der Waals surface area contributed by atoms with Gasteiger partial charge in [-0.05, 0) is 29.8 Å². The molecule has 0 spiro atoms. The number of carbonyl (C=O) groups is 1. The summed E-state index contributed by atoms with van der Waals surface area (Å²) in [6, 6.07) is 14.7. The summed E-state index contributed by atoms with van der Waals surface area (Å²) in [4.78, 5) is 11.4. The minimum atomic E-state index is -0.322. The molecule has 0 atom stereocenters. The molecule has 0 unspecified atom stereocenters. The first-order valence-electron chi connectivity index (χ1n) is 6.67. The van der Waals surface area contributed by atoms with E-state index >= 15 is 0 Å². The lowest BCUT2D eigenvalue weighted by Crippen LogP contribution is -2.09. The lowest BCUT2D eigenvalue weighted by molar-refractivity contribution is -0.115. The predicted molar refractivity (Wildman–Crippen MR) is 83.8 cm³/mol. The summed E-state index contributed by atoms with van der Waals surface area (Å²) in [6.45, 7) is 0. The summed E-state index contributed by atoms with van der Waals surface area (Å²) in [5.74, 6) is 1.11. The van der Waals surface area contributed by atoms with Crippen LogP contribution in [0.5, 0.6) is 11.5 Å². The SMILES string of the molecule is COc1ccc(-c2ccc(NC(=O)CC#N)cc2)c(OC)c1. The van der Waals surface area contributed by atoms with Gasteiger partial charge in [-0.25, -0.2) is 0 Å². The van der Waals surface area contributed by atoms with Gasteiger partial charge >= 0.3 is 0 Å². The maximum atomic E-state index is 11.4. The molecule has 0 bridgehead atoms. The smallest absolute Gasteiger partial charge is 0.238 e. The molecule has 112 valence electrons. The lowest BCUT2D eigenvalue weighted by atomic mass is 10.0. The Bertz CT molecular complexity index is 703. The predicted octanol–water partition coefficient (Wildman–Crippen LogP) is 3.22. The van der Waals surface area contributed by atoms with Gasteiger partial charge in [-0.2, -0.15) is 5.26 Å². The average Bonchev–Trinajstić information content (AvgIpc) is 2.55. The molecule has 2 aromatic carbocycles. The van der Waals surface area contributed by atoms with Crippen molar-refractivity contribution >= 4 is 11.6 Å². The van der Waals surface area contributed by atoms with Crippen molar-refractivity contribution in [2.24, 2.45) is 0 Å². The summed E-state index contributed by atoms with van der Waals surface area (Å²) < 4.78 is 10.6. The van der Waals surface area contributed by atoms with Crippen LogP contribution < -0.4 is 14.8 Å². The Kier molecular flexibility index (Phi) is 4.99. The van der Waals surface area contributed by atoms with Crippen molar-refractivity contribution in [2.75, 3.05) is 19.5 Å². The van der Waals surface area contributed by atoms with Crippen molar-refractivity contribution in [1.29, 1.82) is 5.26 Å². The van der Waals surface area contributed by atoms with E-state index in [1.54, 1.807) is 26.4 Å². The van der Waals surface area contributed by atoms with E-state index in [4.69, 9.17) is 14.7 Å². The minimum Gasteiger partial charge on any atom is -0.497 e. The van der Waals surface area contributed by atoms with Gasteiger partial charge in [0.2, 0.25) is 5.91 Å². The minimum absolute atomic E-state index is 0.159. The summed E-state index contributed by atoms with van der Waals surface area (Å²) >= 11 is 0. The monoisotopic (exact) mass is 296 g/mol. The molecule has 22 heavy (non-hydrogen) atoms. The van der Waals surface area contributed by atoms with E-state index in [0.717, 1.165) is 16.9 Å². The molecule has 0 heterocycles. The number of carbonyl (C=O) groups excluding carboxylic acids is 1. The third-order valence-electron chi connectivity index (χ3n) is 3.13. The molecule has 1 amide bonds. The van der Waals surface area contributed by atoms with Crippen molar-refractivity contribution in [3.8, 4) is 28.7 Å². The van der Waals surface area contributed by atoms with Crippen molar-refractivity contribution in [1.82, 2.24) is 0 Å². The molecular weight excluding hydrogens is 280 g/mol. The number of rotatable bonds is 5. The molecular formula is C17H16N2O3. The highest BCUT2D eigenvalue weighted by Gasteiger charge is 2.08. The number of hydrogen-bond donors (Lipinski definition) is 1. The fourth-order valence-corrected chi connectivity index (χ4v) is 2.05. The van der Waals surface area contributed by atoms with Crippen LogP contribution in [-0.4, -0.2) is 20.1 Å². The maximum Gasteiger partial charge on any atom is 0.238 e. The molecule has 0 radical (unpaired) electrons. The highest BCUT2D eigenvalue weighted by molar-refractivity contribution is 5.92. The first-order valence-corrected chi connectivity index (χ1v) is 6.67. The van der Waals surface area contributed by atoms with Crippen LogP contribution in [0.25, 0.3) is 11.1 Å². The average molecular weight is 296 g/mol. The van der Waals surface area contributed by atoms with Gasteiger partial charge in [0.05, 0.1) is 20.3 Å². The number of nitriles is 1. The second-order valence-electron chi connectivity index (χ2n) is 4.53. The lowest BCUT2D eigenvalue weighted by Gasteiger charge is -2.11. The van der Waals surface area contributed by atoms with Gasteiger partial charge in [0.25, 0.3) is 0 Å². The largest absolute Gasteiger partial charge is 0.497 e. The van der Waals surface area contributed by atoms with Crippen LogP contribution in [0, 0.1) is 11.3 Å². The maximum absolute atomic E-state index is 11.4. The molecule has 0 saturated heterocycles. The van der Waals surface area contributed by atoms with Crippen molar-refractivity contribution in [3.05, 3.63) is 42.5 Å². The number of methoxy groups -OCH3 is 2. The quantitative estimate of drug-likeness (QED) is 0.919. The molecule has 0 aliphatic rings. The third kappa shape index (κ3) is 3.55. The number of amides is 1. The van der Waals surface area contributed by atoms with E-state index in [-0.39, 0.29) is 12.3 Å². The molecule has 0 aromatic heterocycles. The third-order valence-corrected chi connectivity index (χ3v) is 3.13. The van der Waals surface area contributed by atoms with Crippen molar-refractivity contribution in [3.63, 3.8) is 0 Å². The molecule has 2 aromatic rings. The van der Waals surface area contributed by atoms with Gasteiger partial charge < -0.3 is 14.8 Å². The first kappa shape index (κ1) is 15.4. The van der Waals surface area contributed by atoms with Gasteiger partial charge in [-0.1, -0.05) is 12.1 Å². The normalized spacial score (nSPS) is 9.68. The van der Waals surface area contributed by atoms with E-state index in [9.17, 15) is 4.79 Å². The van der Waals surface area contributed by atoms with Crippen LogP contribution in [0.4, 0.5) is 5.69 Å². The molecule has 2 rings (SSSR count). The van der Waals surface area contributed by atoms with Gasteiger partial charge in [-0.15, -0.1) is 0 Å². The standard InChI is InChI=1S/C17H16N2O3/c1-21-14-7-8-15(16(11-14)22-2)12-3-5-13(6-4-12)19-17(20)9-10-18/h3-8,11H,9H2,1-2H3,(H,19,20). The summed E-state index contributed by atoms with van der Waals surface area (Å²) in [5.41, 5.74) is 2.53. The Labute approximate surface area is 129 Å². The molecule has 0 aliphatic heterocycles. The van der Waals surface area contributed by atoms with E-state index in [2.05, 4.69) is 5.32 Å². The molecule has 0 aliphatic carbocycles. The Morgan fingerprint density at radius 3 is 2.45 bits per heavy atom. The van der Waals surface area contributed by atoms with E-state index in [1.807, 2.05) is 36.4 Å². The second kappa shape index (κ2) is 7.14. The highest BCUT2D eigenvalue weighted by atomic mass is 16.5. The van der Waals surface area contributed by atoms with Gasteiger partial charge in [0.1, 0.15) is 17.9 Å². The summed E-state index contributed by atoms with van der Waals surface area (Å²) in [5, 5.41) is 11.1.